The number of amides is 1. The van der Waals surface area contributed by atoms with E-state index in [4.69, 9.17) is 0 Å². The van der Waals surface area contributed by atoms with Crippen molar-refractivity contribution in [3.8, 4) is 0 Å². The van der Waals surface area contributed by atoms with Crippen LogP contribution < -0.4 is 5.43 Å². The first-order valence-electron chi connectivity index (χ1n) is 5.78. The lowest BCUT2D eigenvalue weighted by Crippen LogP contribution is -2.55. The van der Waals surface area contributed by atoms with Crippen LogP contribution in [0.25, 0.3) is 0 Å². The Labute approximate surface area is 106 Å². The van der Waals surface area contributed by atoms with Gasteiger partial charge in [-0.3, -0.25) is 15.0 Å². The number of hydrogen-bond acceptors (Lipinski definition) is 5. The van der Waals surface area contributed by atoms with Gasteiger partial charge in [-0.1, -0.05) is 13.3 Å². The highest BCUT2D eigenvalue weighted by atomic mass is 32.2. The molecule has 0 aromatic carbocycles. The van der Waals surface area contributed by atoms with Gasteiger partial charge >= 0.3 is 5.97 Å². The number of hydrogen-bond donors (Lipinski definition) is 1. The van der Waals surface area contributed by atoms with Gasteiger partial charge < -0.3 is 4.74 Å². The van der Waals surface area contributed by atoms with Gasteiger partial charge in [-0.15, -0.1) is 4.41 Å². The fraction of sp³-hybridized carbons (Fsp3) is 0.800. The lowest BCUT2D eigenvalue weighted by molar-refractivity contribution is -0.150. The van der Waals surface area contributed by atoms with Crippen molar-refractivity contribution in [1.82, 2.24) is 9.84 Å². The summed E-state index contributed by atoms with van der Waals surface area (Å²) in [5.41, 5.74) is 2.27. The number of hydrazine groups is 1. The van der Waals surface area contributed by atoms with E-state index in [1.165, 1.54) is 7.11 Å². The molecule has 1 amide bonds. The molecule has 0 aliphatic carbocycles. The molecule has 1 fully saturated rings. The molecular weight excluding hydrogens is 260 g/mol. The molecule has 1 rings (SSSR count). The van der Waals surface area contributed by atoms with E-state index in [0.717, 1.165) is 10.8 Å². The number of nitrogens with zero attached hydrogens (tertiary/aromatic N) is 1. The van der Waals surface area contributed by atoms with Crippen LogP contribution in [0.15, 0.2) is 0 Å². The highest BCUT2D eigenvalue weighted by Crippen LogP contribution is 2.16. The van der Waals surface area contributed by atoms with Crippen molar-refractivity contribution in [2.24, 2.45) is 5.92 Å². The van der Waals surface area contributed by atoms with E-state index in [1.54, 1.807) is 0 Å². The van der Waals surface area contributed by atoms with Gasteiger partial charge in [0.15, 0.2) is 0 Å². The number of methoxy groups -OCH3 is 1. The molecule has 0 bridgehead atoms. The Kier molecular flexibility index (Phi) is 5.09. The van der Waals surface area contributed by atoms with Crippen LogP contribution in [0.4, 0.5) is 0 Å². The van der Waals surface area contributed by atoms with Crippen LogP contribution in [-0.2, 0) is 24.3 Å². The quantitative estimate of drug-likeness (QED) is 0.693. The van der Waals surface area contributed by atoms with Gasteiger partial charge in [0.1, 0.15) is 0 Å². The first-order valence-corrected chi connectivity index (χ1v) is 7.39. The zero-order valence-corrected chi connectivity index (χ0v) is 11.3. The van der Waals surface area contributed by atoms with Crippen molar-refractivity contribution in [2.45, 2.75) is 26.2 Å². The van der Waals surface area contributed by atoms with Gasteiger partial charge in [0.2, 0.25) is 15.9 Å². The molecule has 1 atom stereocenters. The molecule has 1 heterocycles. The molecule has 1 aliphatic heterocycles. The van der Waals surface area contributed by atoms with Crippen LogP contribution in [0, 0.1) is 5.92 Å². The molecule has 1 unspecified atom stereocenters. The molecular formula is C10H18N2O5S. The maximum Gasteiger partial charge on any atom is 0.310 e. The number of carbonyl (C=O) groups is 2. The van der Waals surface area contributed by atoms with Crippen LogP contribution in [0.5, 0.6) is 0 Å². The number of ether oxygens (including phenoxy) is 1. The zero-order chi connectivity index (χ0) is 13.8. The molecule has 1 saturated heterocycles. The highest BCUT2D eigenvalue weighted by molar-refractivity contribution is 7.89. The van der Waals surface area contributed by atoms with Crippen molar-refractivity contribution in [3.63, 3.8) is 0 Å². The van der Waals surface area contributed by atoms with Crippen LogP contribution in [0.2, 0.25) is 0 Å². The van der Waals surface area contributed by atoms with E-state index >= 15 is 0 Å². The first-order chi connectivity index (χ1) is 8.40. The van der Waals surface area contributed by atoms with E-state index in [0.29, 0.717) is 6.42 Å². The SMILES string of the molecule is CCCCS(=O)(=O)N1CC(C(=O)OC)CC(=O)N1. The average Bonchev–Trinajstić information content (AvgIpc) is 2.34. The van der Waals surface area contributed by atoms with Crippen molar-refractivity contribution in [1.29, 1.82) is 0 Å². The Morgan fingerprint density at radius 1 is 1.56 bits per heavy atom. The predicted molar refractivity (Wildman–Crippen MR) is 63.7 cm³/mol. The van der Waals surface area contributed by atoms with E-state index in [-0.39, 0.29) is 18.7 Å². The monoisotopic (exact) mass is 278 g/mol. The summed E-state index contributed by atoms with van der Waals surface area (Å²) in [5, 5.41) is 0. The Balaban J connectivity index is 2.77. The number of carbonyl (C=O) groups excluding carboxylic acids is 2. The molecule has 104 valence electrons. The summed E-state index contributed by atoms with van der Waals surface area (Å²) in [4.78, 5) is 22.8. The van der Waals surface area contributed by atoms with E-state index in [1.807, 2.05) is 6.92 Å². The fourth-order valence-electron chi connectivity index (χ4n) is 1.66. The third-order valence-electron chi connectivity index (χ3n) is 2.69. The molecule has 18 heavy (non-hydrogen) atoms. The van der Waals surface area contributed by atoms with Crippen LogP contribution in [-0.4, -0.2) is 44.1 Å². The Morgan fingerprint density at radius 3 is 2.78 bits per heavy atom. The summed E-state index contributed by atoms with van der Waals surface area (Å²) in [6.45, 7) is 1.81. The highest BCUT2D eigenvalue weighted by Gasteiger charge is 2.36. The number of unbranched alkanes of at least 4 members (excludes halogenated alkanes) is 1. The summed E-state index contributed by atoms with van der Waals surface area (Å²) in [6.07, 6.45) is 1.20. The summed E-state index contributed by atoms with van der Waals surface area (Å²) in [7, 11) is -2.35. The zero-order valence-electron chi connectivity index (χ0n) is 10.5. The minimum Gasteiger partial charge on any atom is -0.469 e. The lowest BCUT2D eigenvalue weighted by Gasteiger charge is -2.30. The molecule has 0 radical (unpaired) electrons. The van der Waals surface area contributed by atoms with Gasteiger partial charge in [-0.2, -0.15) is 0 Å². The van der Waals surface area contributed by atoms with Gasteiger partial charge in [-0.05, 0) is 6.42 Å². The normalized spacial score (nSPS) is 21.4. The third kappa shape index (κ3) is 3.67. The molecule has 1 N–H and O–H groups in total. The number of rotatable bonds is 5. The second kappa shape index (κ2) is 6.14. The number of sulfonamides is 1. The van der Waals surface area contributed by atoms with Crippen molar-refractivity contribution in [3.05, 3.63) is 0 Å². The molecule has 0 aromatic heterocycles. The first kappa shape index (κ1) is 14.9. The van der Waals surface area contributed by atoms with E-state index < -0.39 is 27.8 Å². The standard InChI is InChI=1S/C10H18N2O5S/c1-3-4-5-18(15,16)12-7-8(10(14)17-2)6-9(13)11-12/h8H,3-7H2,1-2H3,(H,11,13). The molecule has 0 saturated carbocycles. The van der Waals surface area contributed by atoms with E-state index in [2.05, 4.69) is 10.2 Å². The van der Waals surface area contributed by atoms with Crippen LogP contribution >= 0.6 is 0 Å². The van der Waals surface area contributed by atoms with Crippen molar-refractivity contribution >= 4 is 21.9 Å². The van der Waals surface area contributed by atoms with Crippen LogP contribution in [0.3, 0.4) is 0 Å². The van der Waals surface area contributed by atoms with Gasteiger partial charge in [-0.25, -0.2) is 8.42 Å². The van der Waals surface area contributed by atoms with E-state index in [9.17, 15) is 18.0 Å². The Hall–Kier alpha value is -1.15. The minimum atomic E-state index is -3.56. The smallest absolute Gasteiger partial charge is 0.310 e. The lowest BCUT2D eigenvalue weighted by atomic mass is 10.0. The van der Waals surface area contributed by atoms with Crippen molar-refractivity contribution < 1.29 is 22.7 Å². The molecule has 8 heteroatoms. The van der Waals surface area contributed by atoms with Crippen molar-refractivity contribution in [2.75, 3.05) is 19.4 Å². The average molecular weight is 278 g/mol. The fourth-order valence-corrected chi connectivity index (χ4v) is 3.19. The Morgan fingerprint density at radius 2 is 2.22 bits per heavy atom. The molecule has 7 nitrogen and oxygen atoms in total. The third-order valence-corrected chi connectivity index (χ3v) is 4.41. The Bertz CT molecular complexity index is 420. The summed E-state index contributed by atoms with van der Waals surface area (Å²) in [6, 6.07) is 0. The number of esters is 1. The molecule has 0 aromatic rings. The summed E-state index contributed by atoms with van der Waals surface area (Å²) in [5.74, 6) is -1.84. The maximum absolute atomic E-state index is 11.9. The number of nitrogens with one attached hydrogen (secondary N) is 1. The van der Waals surface area contributed by atoms with Gasteiger partial charge in [0, 0.05) is 13.0 Å². The topological polar surface area (TPSA) is 92.8 Å². The van der Waals surface area contributed by atoms with Gasteiger partial charge in [0.05, 0.1) is 18.8 Å². The summed E-state index contributed by atoms with van der Waals surface area (Å²) >= 11 is 0. The second-order valence-electron chi connectivity index (χ2n) is 4.16. The van der Waals surface area contributed by atoms with Gasteiger partial charge in [0.25, 0.3) is 0 Å². The maximum atomic E-state index is 11.9. The second-order valence-corrected chi connectivity index (χ2v) is 6.17. The minimum absolute atomic E-state index is 0.0440. The predicted octanol–water partition coefficient (Wildman–Crippen LogP) is -0.358. The molecule has 1 aliphatic rings. The largest absolute Gasteiger partial charge is 0.469 e. The molecule has 0 spiro atoms. The van der Waals surface area contributed by atoms with Crippen LogP contribution in [0.1, 0.15) is 26.2 Å². The summed E-state index contributed by atoms with van der Waals surface area (Å²) < 4.78 is 29.2.